The zero-order chi connectivity index (χ0) is 20.5. The molecule has 1 N–H and O–H groups in total. The Hall–Kier alpha value is -2.53. The predicted octanol–water partition coefficient (Wildman–Crippen LogP) is 2.88. The number of amides is 2. The first-order valence-electron chi connectivity index (χ1n) is 9.67. The smallest absolute Gasteiger partial charge is 0.410 e. The molecule has 0 aromatic heterocycles. The Morgan fingerprint density at radius 3 is 2.83 bits per heavy atom. The normalized spacial score (nSPS) is 30.6. The van der Waals surface area contributed by atoms with Crippen LogP contribution in [0.4, 0.5) is 9.18 Å². The van der Waals surface area contributed by atoms with Crippen molar-refractivity contribution >= 4 is 23.6 Å². The third-order valence-corrected chi connectivity index (χ3v) is 6.23. The molecule has 0 unspecified atom stereocenters. The molecule has 1 aromatic carbocycles. The topological polar surface area (TPSA) is 91.7 Å². The second-order valence-electron chi connectivity index (χ2n) is 7.89. The highest BCUT2D eigenvalue weighted by Crippen LogP contribution is 2.40. The highest BCUT2D eigenvalue weighted by Gasteiger charge is 2.47. The first-order valence-corrected chi connectivity index (χ1v) is 10.0. The fourth-order valence-electron chi connectivity index (χ4n) is 4.06. The molecule has 154 valence electrons. The van der Waals surface area contributed by atoms with Crippen LogP contribution in [-0.2, 0) is 9.53 Å². The van der Waals surface area contributed by atoms with Crippen LogP contribution in [0.3, 0.4) is 0 Å². The molecular weight excluding hydrogens is 401 g/mol. The number of nitrogens with zero attached hydrogens (tertiary/aromatic N) is 2. The Morgan fingerprint density at radius 1 is 1.38 bits per heavy atom. The number of ether oxygens (including phenoxy) is 2. The van der Waals surface area contributed by atoms with Crippen molar-refractivity contribution in [1.29, 1.82) is 5.26 Å². The lowest BCUT2D eigenvalue weighted by molar-refractivity contribution is -0.124. The fourth-order valence-corrected chi connectivity index (χ4v) is 4.18. The number of nitrogens with one attached hydrogen (secondary N) is 1. The molecule has 1 aromatic rings. The number of carbonyl (C=O) groups is 2. The van der Waals surface area contributed by atoms with Gasteiger partial charge in [0, 0.05) is 30.0 Å². The Labute approximate surface area is 172 Å². The Balaban J connectivity index is 1.17. The Bertz CT molecular complexity index is 849. The Morgan fingerprint density at radius 2 is 2.14 bits per heavy atom. The summed E-state index contributed by atoms with van der Waals surface area (Å²) in [6.07, 6.45) is 2.47. The molecule has 0 radical (unpaired) electrons. The number of carbonyl (C=O) groups excluding carboxylic acids is 2. The molecule has 3 fully saturated rings. The molecule has 2 amide bonds. The van der Waals surface area contributed by atoms with E-state index >= 15 is 0 Å². The van der Waals surface area contributed by atoms with Crippen LogP contribution in [0.1, 0.15) is 25.7 Å². The summed E-state index contributed by atoms with van der Waals surface area (Å²) in [5.74, 6) is -0.314. The number of cyclic esters (lactones) is 1. The SMILES string of the molecule is N#CC1CC([C@H]2CN(C3CC(NC(=O)COc4ccc(Cl)c(F)c4)C3)C(=O)O2)C1. The van der Waals surface area contributed by atoms with Crippen molar-refractivity contribution in [3.63, 3.8) is 0 Å². The highest BCUT2D eigenvalue weighted by molar-refractivity contribution is 6.30. The van der Waals surface area contributed by atoms with Crippen LogP contribution >= 0.6 is 11.6 Å². The van der Waals surface area contributed by atoms with Gasteiger partial charge in [0.1, 0.15) is 17.7 Å². The van der Waals surface area contributed by atoms with Crippen molar-refractivity contribution in [1.82, 2.24) is 10.2 Å². The van der Waals surface area contributed by atoms with Gasteiger partial charge >= 0.3 is 6.09 Å². The second kappa shape index (κ2) is 8.07. The average Bonchev–Trinajstić information content (AvgIpc) is 2.98. The van der Waals surface area contributed by atoms with E-state index in [0.717, 1.165) is 18.9 Å². The van der Waals surface area contributed by atoms with Crippen LogP contribution < -0.4 is 10.1 Å². The van der Waals surface area contributed by atoms with Crippen LogP contribution in [0, 0.1) is 29.0 Å². The summed E-state index contributed by atoms with van der Waals surface area (Å²) in [6, 6.07) is 6.26. The maximum absolute atomic E-state index is 13.4. The van der Waals surface area contributed by atoms with E-state index in [0.29, 0.717) is 19.4 Å². The van der Waals surface area contributed by atoms with Gasteiger partial charge in [-0.15, -0.1) is 0 Å². The molecule has 1 aliphatic heterocycles. The summed E-state index contributed by atoms with van der Waals surface area (Å²) in [5.41, 5.74) is 0. The predicted molar refractivity (Wildman–Crippen MR) is 101 cm³/mol. The van der Waals surface area contributed by atoms with E-state index in [1.54, 1.807) is 4.90 Å². The zero-order valence-corrected chi connectivity index (χ0v) is 16.4. The molecule has 4 rings (SSSR count). The minimum absolute atomic E-state index is 0.00724. The lowest BCUT2D eigenvalue weighted by atomic mass is 9.72. The third kappa shape index (κ3) is 4.25. The van der Waals surface area contributed by atoms with Gasteiger partial charge in [0.15, 0.2) is 6.61 Å². The molecule has 1 atom stereocenters. The van der Waals surface area contributed by atoms with Crippen LogP contribution in [0.25, 0.3) is 0 Å². The van der Waals surface area contributed by atoms with Crippen molar-refractivity contribution in [2.75, 3.05) is 13.2 Å². The van der Waals surface area contributed by atoms with E-state index in [1.165, 1.54) is 12.1 Å². The maximum Gasteiger partial charge on any atom is 0.410 e. The van der Waals surface area contributed by atoms with Crippen molar-refractivity contribution < 1.29 is 23.5 Å². The number of hydrogen-bond donors (Lipinski definition) is 1. The molecule has 0 spiro atoms. The molecule has 7 nitrogen and oxygen atoms in total. The standard InChI is InChI=1S/C20H21ClFN3O4/c21-16-2-1-15(7-17(16)22)28-10-19(26)24-13-5-14(6-13)25-9-18(29-20(25)27)12-3-11(4-12)8-23/h1-2,7,11-14,18H,3-6,9-10H2,(H,24,26)/t11?,12?,13?,14?,18-/m1/s1. The first-order chi connectivity index (χ1) is 13.9. The first kappa shape index (κ1) is 19.8. The van der Waals surface area contributed by atoms with E-state index in [2.05, 4.69) is 11.4 Å². The number of halogens is 2. The van der Waals surface area contributed by atoms with Gasteiger partial charge < -0.3 is 19.7 Å². The maximum atomic E-state index is 13.4. The van der Waals surface area contributed by atoms with Gasteiger partial charge in [-0.05, 0) is 37.8 Å². The molecule has 9 heteroatoms. The number of nitriles is 1. The second-order valence-corrected chi connectivity index (χ2v) is 8.29. The van der Waals surface area contributed by atoms with Crippen molar-refractivity contribution in [2.24, 2.45) is 11.8 Å². The minimum Gasteiger partial charge on any atom is -0.484 e. The number of benzene rings is 1. The van der Waals surface area contributed by atoms with Gasteiger partial charge in [-0.2, -0.15) is 5.26 Å². The van der Waals surface area contributed by atoms with Crippen LogP contribution in [-0.4, -0.2) is 48.2 Å². The van der Waals surface area contributed by atoms with Crippen molar-refractivity contribution in [3.8, 4) is 11.8 Å². The molecule has 1 saturated heterocycles. The van der Waals surface area contributed by atoms with Gasteiger partial charge in [-0.1, -0.05) is 11.6 Å². The molecule has 0 bridgehead atoms. The van der Waals surface area contributed by atoms with E-state index in [9.17, 15) is 14.0 Å². The molecule has 2 aliphatic carbocycles. The number of hydrogen-bond acceptors (Lipinski definition) is 5. The van der Waals surface area contributed by atoms with Crippen LogP contribution in [0.5, 0.6) is 5.75 Å². The van der Waals surface area contributed by atoms with Crippen LogP contribution in [0.15, 0.2) is 18.2 Å². The minimum atomic E-state index is -0.604. The van der Waals surface area contributed by atoms with Gasteiger partial charge in [0.2, 0.25) is 0 Å². The summed E-state index contributed by atoms with van der Waals surface area (Å²) in [4.78, 5) is 25.9. The van der Waals surface area contributed by atoms with Gasteiger partial charge in [-0.25, -0.2) is 9.18 Å². The van der Waals surface area contributed by atoms with Gasteiger partial charge in [0.05, 0.1) is 17.6 Å². The molecule has 29 heavy (non-hydrogen) atoms. The summed E-state index contributed by atoms with van der Waals surface area (Å²) < 4.78 is 24.1. The summed E-state index contributed by atoms with van der Waals surface area (Å²) >= 11 is 5.61. The van der Waals surface area contributed by atoms with E-state index in [4.69, 9.17) is 26.3 Å². The molecule has 3 aliphatic rings. The molecule has 1 heterocycles. The molecular formula is C20H21ClFN3O4. The van der Waals surface area contributed by atoms with Crippen LogP contribution in [0.2, 0.25) is 5.02 Å². The summed E-state index contributed by atoms with van der Waals surface area (Å²) in [5, 5.41) is 11.7. The largest absolute Gasteiger partial charge is 0.484 e. The van der Waals surface area contributed by atoms with Crippen molar-refractivity contribution in [3.05, 3.63) is 29.0 Å². The zero-order valence-electron chi connectivity index (χ0n) is 15.6. The highest BCUT2D eigenvalue weighted by atomic mass is 35.5. The quantitative estimate of drug-likeness (QED) is 0.762. The summed E-state index contributed by atoms with van der Waals surface area (Å²) in [7, 11) is 0. The van der Waals surface area contributed by atoms with Gasteiger partial charge in [0.25, 0.3) is 5.91 Å². The molecule has 2 saturated carbocycles. The third-order valence-electron chi connectivity index (χ3n) is 5.93. The van der Waals surface area contributed by atoms with E-state index < -0.39 is 5.82 Å². The average molecular weight is 422 g/mol. The lowest BCUT2D eigenvalue weighted by Gasteiger charge is -2.40. The van der Waals surface area contributed by atoms with E-state index in [1.807, 2.05) is 0 Å². The summed E-state index contributed by atoms with van der Waals surface area (Å²) in [6.45, 7) is 0.329. The lowest BCUT2D eigenvalue weighted by Crippen LogP contribution is -2.55. The Kier molecular flexibility index (Phi) is 5.50. The number of rotatable bonds is 6. The van der Waals surface area contributed by atoms with E-state index in [-0.39, 0.29) is 59.4 Å². The van der Waals surface area contributed by atoms with Crippen molar-refractivity contribution in [2.45, 2.75) is 43.9 Å². The fraction of sp³-hybridized carbons (Fsp3) is 0.550. The van der Waals surface area contributed by atoms with Gasteiger partial charge in [-0.3, -0.25) is 4.79 Å². The monoisotopic (exact) mass is 421 g/mol.